The minimum atomic E-state index is -1.15. The summed E-state index contributed by atoms with van der Waals surface area (Å²) in [4.78, 5) is 33.6. The maximum Gasteiger partial charge on any atom is 0.322 e. The van der Waals surface area contributed by atoms with Crippen LogP contribution in [0.3, 0.4) is 0 Å². The molecule has 0 rings (SSSR count). The molecule has 0 aromatic heterocycles. The average molecular weight is 277 g/mol. The highest BCUT2D eigenvalue weighted by Crippen LogP contribution is 2.02. The van der Waals surface area contributed by atoms with Crippen LogP contribution in [0, 0.1) is 5.92 Å². The van der Waals surface area contributed by atoms with Gasteiger partial charge in [-0.25, -0.2) is 0 Å². The van der Waals surface area contributed by atoms with Crippen LogP contribution in [0.2, 0.25) is 0 Å². The highest BCUT2D eigenvalue weighted by molar-refractivity contribution is 7.80. The highest BCUT2D eigenvalue weighted by Gasteiger charge is 2.26. The van der Waals surface area contributed by atoms with Crippen molar-refractivity contribution < 1.29 is 19.5 Å². The molecule has 0 unspecified atom stereocenters. The van der Waals surface area contributed by atoms with E-state index in [0.29, 0.717) is 0 Å². The highest BCUT2D eigenvalue weighted by atomic mass is 32.1. The van der Waals surface area contributed by atoms with E-state index in [-0.39, 0.29) is 11.7 Å². The fourth-order valence-corrected chi connectivity index (χ4v) is 1.32. The van der Waals surface area contributed by atoms with Crippen molar-refractivity contribution in [1.29, 1.82) is 0 Å². The van der Waals surface area contributed by atoms with E-state index in [9.17, 15) is 14.4 Å². The Balaban J connectivity index is 4.52. The minimum absolute atomic E-state index is 0.160. The van der Waals surface area contributed by atoms with Crippen LogP contribution in [0.25, 0.3) is 0 Å². The smallest absolute Gasteiger partial charge is 0.322 e. The molecule has 0 aromatic carbocycles. The van der Waals surface area contributed by atoms with Crippen molar-refractivity contribution in [2.45, 2.75) is 25.9 Å². The molecule has 0 spiro atoms. The number of nitrogens with two attached hydrogens (primary N) is 1. The van der Waals surface area contributed by atoms with Crippen LogP contribution in [-0.2, 0) is 14.4 Å². The van der Waals surface area contributed by atoms with Crippen molar-refractivity contribution in [2.75, 3.05) is 12.3 Å². The van der Waals surface area contributed by atoms with E-state index in [4.69, 9.17) is 10.8 Å². The van der Waals surface area contributed by atoms with E-state index in [1.807, 2.05) is 0 Å². The molecule has 8 heteroatoms. The molecule has 0 aliphatic carbocycles. The number of carboxylic acid groups (broad SMARTS) is 1. The van der Waals surface area contributed by atoms with Gasteiger partial charge in [-0.3, -0.25) is 14.4 Å². The molecule has 104 valence electrons. The van der Waals surface area contributed by atoms with Crippen LogP contribution < -0.4 is 16.4 Å². The summed E-state index contributed by atoms with van der Waals surface area (Å²) in [7, 11) is 0. The predicted molar refractivity (Wildman–Crippen MR) is 69.2 cm³/mol. The van der Waals surface area contributed by atoms with Crippen molar-refractivity contribution in [3.05, 3.63) is 0 Å². The molecule has 2 amide bonds. The van der Waals surface area contributed by atoms with Crippen LogP contribution in [0.15, 0.2) is 0 Å². The van der Waals surface area contributed by atoms with Gasteiger partial charge >= 0.3 is 5.97 Å². The van der Waals surface area contributed by atoms with E-state index in [1.165, 1.54) is 0 Å². The van der Waals surface area contributed by atoms with Gasteiger partial charge in [-0.05, 0) is 5.92 Å². The summed E-state index contributed by atoms with van der Waals surface area (Å²) in [6.07, 6.45) is 0. The zero-order chi connectivity index (χ0) is 14.3. The topological polar surface area (TPSA) is 122 Å². The molecular weight excluding hydrogens is 258 g/mol. The molecule has 0 heterocycles. The van der Waals surface area contributed by atoms with E-state index in [0.717, 1.165) is 0 Å². The lowest BCUT2D eigenvalue weighted by Crippen LogP contribution is -2.54. The summed E-state index contributed by atoms with van der Waals surface area (Å²) >= 11 is 3.88. The Kier molecular flexibility index (Phi) is 7.37. The Morgan fingerprint density at radius 1 is 1.28 bits per heavy atom. The Labute approximate surface area is 111 Å². The van der Waals surface area contributed by atoms with Crippen molar-refractivity contribution >= 4 is 30.4 Å². The number of hydrogen-bond acceptors (Lipinski definition) is 5. The van der Waals surface area contributed by atoms with Gasteiger partial charge in [-0.2, -0.15) is 12.6 Å². The number of amides is 2. The second-order valence-corrected chi connectivity index (χ2v) is 4.50. The summed E-state index contributed by atoms with van der Waals surface area (Å²) in [6.45, 7) is 2.98. The molecule has 7 nitrogen and oxygen atoms in total. The van der Waals surface area contributed by atoms with Gasteiger partial charge in [0.1, 0.15) is 12.6 Å². The van der Waals surface area contributed by atoms with Crippen LogP contribution in [-0.4, -0.2) is 47.3 Å². The summed E-state index contributed by atoms with van der Waals surface area (Å²) in [6, 6.07) is -1.62. The van der Waals surface area contributed by atoms with Crippen LogP contribution in [0.4, 0.5) is 0 Å². The maximum absolute atomic E-state index is 11.7. The summed E-state index contributed by atoms with van der Waals surface area (Å²) in [5, 5.41) is 13.1. The van der Waals surface area contributed by atoms with E-state index >= 15 is 0 Å². The zero-order valence-electron chi connectivity index (χ0n) is 10.3. The third-order valence-corrected chi connectivity index (χ3v) is 2.59. The first-order chi connectivity index (χ1) is 8.29. The van der Waals surface area contributed by atoms with E-state index in [1.54, 1.807) is 13.8 Å². The molecule has 0 aromatic rings. The number of hydrogen-bond donors (Lipinski definition) is 5. The molecule has 0 radical (unpaired) electrons. The maximum atomic E-state index is 11.7. The lowest BCUT2D eigenvalue weighted by atomic mass is 10.0. The molecule has 5 N–H and O–H groups in total. The summed E-state index contributed by atoms with van der Waals surface area (Å²) in [5.41, 5.74) is 5.47. The fraction of sp³-hybridized carbons (Fsp3) is 0.700. The third kappa shape index (κ3) is 5.87. The van der Waals surface area contributed by atoms with Gasteiger partial charge in [-0.15, -0.1) is 0 Å². The molecule has 0 saturated carbocycles. The van der Waals surface area contributed by atoms with Crippen LogP contribution in [0.5, 0.6) is 0 Å². The Morgan fingerprint density at radius 2 is 1.83 bits per heavy atom. The predicted octanol–water partition coefficient (Wildman–Crippen LogP) is -1.41. The number of carboxylic acids is 1. The molecule has 18 heavy (non-hydrogen) atoms. The Bertz CT molecular complexity index is 322. The van der Waals surface area contributed by atoms with Crippen molar-refractivity contribution in [3.63, 3.8) is 0 Å². The summed E-state index contributed by atoms with van der Waals surface area (Å²) in [5.74, 6) is -2.21. The van der Waals surface area contributed by atoms with Crippen molar-refractivity contribution in [1.82, 2.24) is 10.6 Å². The monoisotopic (exact) mass is 277 g/mol. The SMILES string of the molecule is CC(C)[C@H](NC(=O)[C@@H](N)CS)C(=O)NCC(=O)O. The molecular formula is C10H19N3O4S. The van der Waals surface area contributed by atoms with Crippen LogP contribution >= 0.6 is 12.6 Å². The fourth-order valence-electron chi connectivity index (χ4n) is 1.15. The molecule has 0 fully saturated rings. The number of carbonyl (C=O) groups excluding carboxylic acids is 2. The lowest BCUT2D eigenvalue weighted by molar-refractivity contribution is -0.138. The lowest BCUT2D eigenvalue weighted by Gasteiger charge is -2.22. The number of rotatable bonds is 7. The number of thiol groups is 1. The van der Waals surface area contributed by atoms with Gasteiger partial charge in [-0.1, -0.05) is 13.8 Å². The number of nitrogens with one attached hydrogen (secondary N) is 2. The van der Waals surface area contributed by atoms with Crippen molar-refractivity contribution in [3.8, 4) is 0 Å². The normalized spacial score (nSPS) is 13.8. The van der Waals surface area contributed by atoms with E-state index < -0.39 is 36.4 Å². The van der Waals surface area contributed by atoms with Gasteiger partial charge in [0, 0.05) is 5.75 Å². The largest absolute Gasteiger partial charge is 0.480 e. The second kappa shape index (κ2) is 7.93. The minimum Gasteiger partial charge on any atom is -0.480 e. The van der Waals surface area contributed by atoms with Gasteiger partial charge in [0.2, 0.25) is 11.8 Å². The molecule has 2 atom stereocenters. The molecule has 0 bridgehead atoms. The number of carbonyl (C=O) groups is 3. The van der Waals surface area contributed by atoms with E-state index in [2.05, 4.69) is 23.3 Å². The third-order valence-electron chi connectivity index (χ3n) is 2.19. The zero-order valence-corrected chi connectivity index (χ0v) is 11.2. The molecule has 0 aliphatic rings. The molecule has 0 saturated heterocycles. The average Bonchev–Trinajstić information content (AvgIpc) is 2.30. The Hall–Kier alpha value is -1.28. The van der Waals surface area contributed by atoms with Gasteiger partial charge in [0.15, 0.2) is 0 Å². The quantitative estimate of drug-likeness (QED) is 0.366. The standard InChI is InChI=1S/C10H19N3O4S/c1-5(2)8(10(17)12-3-7(14)15)13-9(16)6(11)4-18/h5-6,8,18H,3-4,11H2,1-2H3,(H,12,17)(H,13,16)(H,14,15)/t6-,8-/m0/s1. The number of aliphatic carboxylic acids is 1. The van der Waals surface area contributed by atoms with Gasteiger partial charge in [0.05, 0.1) is 6.04 Å². The second-order valence-electron chi connectivity index (χ2n) is 4.13. The van der Waals surface area contributed by atoms with Crippen molar-refractivity contribution in [2.24, 2.45) is 11.7 Å². The van der Waals surface area contributed by atoms with Gasteiger partial charge in [0.25, 0.3) is 0 Å². The summed E-state index contributed by atoms with van der Waals surface area (Å²) < 4.78 is 0. The Morgan fingerprint density at radius 3 is 2.22 bits per heavy atom. The first-order valence-electron chi connectivity index (χ1n) is 5.45. The first-order valence-corrected chi connectivity index (χ1v) is 6.09. The van der Waals surface area contributed by atoms with Gasteiger partial charge < -0.3 is 21.5 Å². The molecule has 0 aliphatic heterocycles. The van der Waals surface area contributed by atoms with Crippen LogP contribution in [0.1, 0.15) is 13.8 Å². The first kappa shape index (κ1) is 16.7.